The van der Waals surface area contributed by atoms with Crippen molar-refractivity contribution in [3.63, 3.8) is 0 Å². The Morgan fingerprint density at radius 2 is 1.94 bits per heavy atom. The van der Waals surface area contributed by atoms with Gasteiger partial charge in [-0.05, 0) is 13.3 Å². The molecule has 4 nitrogen and oxygen atoms in total. The van der Waals surface area contributed by atoms with Crippen molar-refractivity contribution in [1.82, 2.24) is 5.32 Å². The predicted molar refractivity (Wildman–Crippen MR) is 51.0 cm³/mol. The van der Waals surface area contributed by atoms with Crippen molar-refractivity contribution in [3.05, 3.63) is 0 Å². The third kappa shape index (κ3) is 4.36. The van der Waals surface area contributed by atoms with Gasteiger partial charge in [0.15, 0.2) is 5.92 Å². The van der Waals surface area contributed by atoms with Crippen LogP contribution in [0.25, 0.3) is 0 Å². The smallest absolute Gasteiger partial charge is 0.403 e. The number of halogens is 3. The molecule has 96 valence electrons. The lowest BCUT2D eigenvalue weighted by atomic mass is 9.98. The Labute approximate surface area is 91.5 Å². The summed E-state index contributed by atoms with van der Waals surface area (Å²) in [4.78, 5) is 10.4. The van der Waals surface area contributed by atoms with Gasteiger partial charge in [0.25, 0.3) is 0 Å². The van der Waals surface area contributed by atoms with Gasteiger partial charge in [0.2, 0.25) is 0 Å². The monoisotopic (exact) mass is 243 g/mol. The predicted octanol–water partition coefficient (Wildman–Crippen LogP) is 1.00. The fraction of sp³-hybridized carbons (Fsp3) is 0.889. The van der Waals surface area contributed by atoms with Gasteiger partial charge in [0.05, 0.1) is 6.61 Å². The van der Waals surface area contributed by atoms with E-state index in [-0.39, 0.29) is 6.61 Å². The molecular formula is C9H16F3NO3. The Bertz CT molecular complexity index is 239. The highest BCUT2D eigenvalue weighted by molar-refractivity contribution is 5.71. The molecule has 0 aliphatic carbocycles. The lowest BCUT2D eigenvalue weighted by Crippen LogP contribution is -2.50. The highest BCUT2D eigenvalue weighted by atomic mass is 19.4. The van der Waals surface area contributed by atoms with Gasteiger partial charge in [0.1, 0.15) is 0 Å². The van der Waals surface area contributed by atoms with Gasteiger partial charge < -0.3 is 15.5 Å². The molecule has 0 radical (unpaired) electrons. The van der Waals surface area contributed by atoms with E-state index in [9.17, 15) is 18.0 Å². The zero-order chi connectivity index (χ0) is 13.0. The van der Waals surface area contributed by atoms with E-state index in [4.69, 9.17) is 10.2 Å². The minimum atomic E-state index is -4.79. The van der Waals surface area contributed by atoms with Crippen LogP contribution in [0.4, 0.5) is 13.2 Å². The second kappa shape index (κ2) is 5.49. The second-order valence-electron chi connectivity index (χ2n) is 3.89. The summed E-state index contributed by atoms with van der Waals surface area (Å²) in [5.41, 5.74) is -0.890. The molecule has 0 bridgehead atoms. The Balaban J connectivity index is 4.51. The van der Waals surface area contributed by atoms with Crippen molar-refractivity contribution in [2.24, 2.45) is 5.92 Å². The summed E-state index contributed by atoms with van der Waals surface area (Å²) in [5.74, 6) is -4.37. The van der Waals surface area contributed by atoms with Crippen molar-refractivity contribution in [2.45, 2.75) is 32.0 Å². The summed E-state index contributed by atoms with van der Waals surface area (Å²) < 4.78 is 36.8. The van der Waals surface area contributed by atoms with E-state index < -0.39 is 30.1 Å². The van der Waals surface area contributed by atoms with E-state index in [0.29, 0.717) is 6.42 Å². The summed E-state index contributed by atoms with van der Waals surface area (Å²) in [6.45, 7) is 2.12. The second-order valence-corrected chi connectivity index (χ2v) is 3.89. The Kier molecular flexibility index (Phi) is 5.21. The van der Waals surface area contributed by atoms with E-state index in [0.717, 1.165) is 0 Å². The summed E-state index contributed by atoms with van der Waals surface area (Å²) in [7, 11) is 0. The maximum atomic E-state index is 12.3. The standard InChI is InChI=1S/C9H16F3NO3/c1-3-8(2,5-14)13-4-6(7(15)16)9(10,11)12/h6,13-14H,3-5H2,1-2H3,(H,15,16). The van der Waals surface area contributed by atoms with E-state index in [2.05, 4.69) is 5.32 Å². The molecule has 2 unspecified atom stereocenters. The maximum Gasteiger partial charge on any atom is 0.403 e. The van der Waals surface area contributed by atoms with E-state index >= 15 is 0 Å². The van der Waals surface area contributed by atoms with Crippen LogP contribution >= 0.6 is 0 Å². The molecule has 0 fully saturated rings. The quantitative estimate of drug-likeness (QED) is 0.651. The highest BCUT2D eigenvalue weighted by Gasteiger charge is 2.45. The van der Waals surface area contributed by atoms with Gasteiger partial charge in [0, 0.05) is 12.1 Å². The van der Waals surface area contributed by atoms with Crippen molar-refractivity contribution < 1.29 is 28.2 Å². The molecule has 16 heavy (non-hydrogen) atoms. The summed E-state index contributed by atoms with van der Waals surface area (Å²) in [5, 5.41) is 19.8. The van der Waals surface area contributed by atoms with Crippen LogP contribution in [0.5, 0.6) is 0 Å². The number of alkyl halides is 3. The van der Waals surface area contributed by atoms with Crippen molar-refractivity contribution in [3.8, 4) is 0 Å². The molecule has 0 heterocycles. The zero-order valence-corrected chi connectivity index (χ0v) is 9.14. The molecule has 0 amide bonds. The molecule has 0 aliphatic heterocycles. The van der Waals surface area contributed by atoms with Gasteiger partial charge in [-0.25, -0.2) is 0 Å². The molecule has 0 aromatic rings. The first-order valence-electron chi connectivity index (χ1n) is 4.81. The first-order chi connectivity index (χ1) is 7.16. The van der Waals surface area contributed by atoms with Crippen LogP contribution < -0.4 is 5.32 Å². The fourth-order valence-corrected chi connectivity index (χ4v) is 0.984. The van der Waals surface area contributed by atoms with Crippen LogP contribution in [0.3, 0.4) is 0 Å². The van der Waals surface area contributed by atoms with Gasteiger partial charge >= 0.3 is 12.1 Å². The SMILES string of the molecule is CCC(C)(CO)NCC(C(=O)O)C(F)(F)F. The zero-order valence-electron chi connectivity index (χ0n) is 9.14. The molecule has 0 rings (SSSR count). The van der Waals surface area contributed by atoms with E-state index in [1.54, 1.807) is 6.92 Å². The number of rotatable bonds is 6. The number of aliphatic hydroxyl groups is 1. The maximum absolute atomic E-state index is 12.3. The number of carboxylic acids is 1. The molecule has 0 aromatic heterocycles. The van der Waals surface area contributed by atoms with Crippen LogP contribution in [0.15, 0.2) is 0 Å². The summed E-state index contributed by atoms with van der Waals surface area (Å²) >= 11 is 0. The number of hydrogen-bond acceptors (Lipinski definition) is 3. The van der Waals surface area contributed by atoms with Crippen LogP contribution in [-0.4, -0.2) is 41.0 Å². The van der Waals surface area contributed by atoms with Gasteiger partial charge in [-0.1, -0.05) is 6.92 Å². The number of carboxylic acid groups (broad SMARTS) is 1. The largest absolute Gasteiger partial charge is 0.481 e. The van der Waals surface area contributed by atoms with Crippen LogP contribution in [-0.2, 0) is 4.79 Å². The van der Waals surface area contributed by atoms with Crippen LogP contribution in [0, 0.1) is 5.92 Å². The Morgan fingerprint density at radius 1 is 1.44 bits per heavy atom. The molecule has 7 heteroatoms. The molecule has 0 saturated carbocycles. The number of carbonyl (C=O) groups is 1. The lowest BCUT2D eigenvalue weighted by molar-refractivity contribution is -0.193. The minimum Gasteiger partial charge on any atom is -0.481 e. The number of hydrogen-bond donors (Lipinski definition) is 3. The van der Waals surface area contributed by atoms with Gasteiger partial charge in [-0.15, -0.1) is 0 Å². The lowest BCUT2D eigenvalue weighted by Gasteiger charge is -2.29. The Morgan fingerprint density at radius 3 is 2.19 bits per heavy atom. The van der Waals surface area contributed by atoms with Crippen LogP contribution in [0.2, 0.25) is 0 Å². The normalized spacial score (nSPS) is 17.9. The molecule has 3 N–H and O–H groups in total. The number of nitrogens with one attached hydrogen (secondary N) is 1. The summed E-state index contributed by atoms with van der Waals surface area (Å²) in [6, 6.07) is 0. The molecular weight excluding hydrogens is 227 g/mol. The number of aliphatic hydroxyl groups excluding tert-OH is 1. The third-order valence-corrected chi connectivity index (χ3v) is 2.56. The van der Waals surface area contributed by atoms with Crippen molar-refractivity contribution in [2.75, 3.05) is 13.2 Å². The van der Waals surface area contributed by atoms with Gasteiger partial charge in [-0.2, -0.15) is 13.2 Å². The number of aliphatic carboxylic acids is 1. The molecule has 0 aromatic carbocycles. The van der Waals surface area contributed by atoms with Crippen molar-refractivity contribution in [1.29, 1.82) is 0 Å². The molecule has 0 saturated heterocycles. The average molecular weight is 243 g/mol. The molecule has 0 spiro atoms. The highest BCUT2D eigenvalue weighted by Crippen LogP contribution is 2.26. The minimum absolute atomic E-state index is 0.353. The summed E-state index contributed by atoms with van der Waals surface area (Å²) in [6.07, 6.45) is -4.39. The van der Waals surface area contributed by atoms with Gasteiger partial charge in [-0.3, -0.25) is 4.79 Å². The Hall–Kier alpha value is -0.820. The van der Waals surface area contributed by atoms with Crippen LogP contribution in [0.1, 0.15) is 20.3 Å². The first kappa shape index (κ1) is 15.2. The van der Waals surface area contributed by atoms with E-state index in [1.165, 1.54) is 6.92 Å². The molecule has 0 aliphatic rings. The van der Waals surface area contributed by atoms with E-state index in [1.807, 2.05) is 0 Å². The molecule has 2 atom stereocenters. The van der Waals surface area contributed by atoms with Crippen molar-refractivity contribution >= 4 is 5.97 Å². The third-order valence-electron chi connectivity index (χ3n) is 2.56. The fourth-order valence-electron chi connectivity index (χ4n) is 0.984. The first-order valence-corrected chi connectivity index (χ1v) is 4.81. The topological polar surface area (TPSA) is 69.6 Å². The average Bonchev–Trinajstić information content (AvgIpc) is 2.15.